The second kappa shape index (κ2) is 7.49. The number of alkyl halides is 1. The zero-order chi connectivity index (χ0) is 14.4. The van der Waals surface area contributed by atoms with Crippen molar-refractivity contribution in [3.8, 4) is 0 Å². The van der Waals surface area contributed by atoms with E-state index in [1.54, 1.807) is 0 Å². The molecule has 0 aromatic heterocycles. The first-order valence-corrected chi connectivity index (χ1v) is 9.25. The molecule has 0 amide bonds. The first kappa shape index (κ1) is 15.9. The van der Waals surface area contributed by atoms with Crippen molar-refractivity contribution in [1.29, 1.82) is 0 Å². The Kier molecular flexibility index (Phi) is 5.95. The molecule has 0 saturated heterocycles. The van der Waals surface area contributed by atoms with Crippen molar-refractivity contribution in [2.45, 2.75) is 52.4 Å². The van der Waals surface area contributed by atoms with Crippen LogP contribution in [0.15, 0.2) is 24.3 Å². The number of hydrogen-bond donors (Lipinski definition) is 0. The molecule has 1 aromatic carbocycles. The molecule has 0 fully saturated rings. The molecular weight excluding hydrogens is 310 g/mol. The van der Waals surface area contributed by atoms with Gasteiger partial charge in [-0.25, -0.2) is 0 Å². The van der Waals surface area contributed by atoms with Crippen LogP contribution in [0.3, 0.4) is 0 Å². The monoisotopic (exact) mass is 337 g/mol. The highest BCUT2D eigenvalue weighted by Gasteiger charge is 2.31. The molecule has 20 heavy (non-hydrogen) atoms. The van der Waals surface area contributed by atoms with Crippen molar-refractivity contribution in [1.82, 2.24) is 0 Å². The molecule has 0 aliphatic carbocycles. The summed E-state index contributed by atoms with van der Waals surface area (Å²) in [6, 6.07) is 8.98. The van der Waals surface area contributed by atoms with E-state index in [2.05, 4.69) is 58.9 Å². The third-order valence-electron chi connectivity index (χ3n) is 4.58. The Labute approximate surface area is 132 Å². The van der Waals surface area contributed by atoms with Crippen LogP contribution in [0, 0.1) is 5.41 Å². The number of fused-ring (bicyclic) bond motifs is 1. The highest BCUT2D eigenvalue weighted by atomic mass is 79.9. The summed E-state index contributed by atoms with van der Waals surface area (Å²) in [6.45, 7) is 7.06. The molecule has 0 radical (unpaired) electrons. The molecule has 0 atom stereocenters. The first-order valence-electron chi connectivity index (χ1n) is 8.13. The highest BCUT2D eigenvalue weighted by molar-refractivity contribution is 9.09. The Hall–Kier alpha value is -0.500. The minimum absolute atomic E-state index is 0.438. The van der Waals surface area contributed by atoms with Crippen LogP contribution in [0.25, 0.3) is 0 Å². The normalized spacial score (nSPS) is 15.2. The fourth-order valence-corrected chi connectivity index (χ4v) is 4.44. The molecule has 0 unspecified atom stereocenters. The van der Waals surface area contributed by atoms with E-state index in [0.717, 1.165) is 5.33 Å². The number of para-hydroxylation sites is 1. The predicted molar refractivity (Wildman–Crippen MR) is 93.0 cm³/mol. The topological polar surface area (TPSA) is 3.24 Å². The van der Waals surface area contributed by atoms with Gasteiger partial charge in [0.2, 0.25) is 0 Å². The van der Waals surface area contributed by atoms with Crippen LogP contribution >= 0.6 is 15.9 Å². The summed E-state index contributed by atoms with van der Waals surface area (Å²) in [5.74, 6) is 0. The molecular formula is C18H28BrN. The van der Waals surface area contributed by atoms with Crippen LogP contribution in [0.2, 0.25) is 0 Å². The van der Waals surface area contributed by atoms with E-state index in [1.165, 1.54) is 62.9 Å². The summed E-state index contributed by atoms with van der Waals surface area (Å²) in [7, 11) is 0. The molecule has 1 aliphatic rings. The van der Waals surface area contributed by atoms with E-state index in [1.807, 2.05) is 0 Å². The Balaban J connectivity index is 2.19. The number of benzene rings is 1. The largest absolute Gasteiger partial charge is 0.371 e. The lowest BCUT2D eigenvalue weighted by Crippen LogP contribution is -2.41. The van der Waals surface area contributed by atoms with Crippen LogP contribution in [0.5, 0.6) is 0 Å². The summed E-state index contributed by atoms with van der Waals surface area (Å²) in [6.07, 6.45) is 7.75. The lowest BCUT2D eigenvalue weighted by atomic mass is 9.80. The number of anilines is 1. The van der Waals surface area contributed by atoms with Gasteiger partial charge in [0.25, 0.3) is 0 Å². The van der Waals surface area contributed by atoms with Gasteiger partial charge in [0, 0.05) is 24.1 Å². The van der Waals surface area contributed by atoms with E-state index < -0.39 is 0 Å². The minimum Gasteiger partial charge on any atom is -0.371 e. The Morgan fingerprint density at radius 2 is 1.85 bits per heavy atom. The summed E-state index contributed by atoms with van der Waals surface area (Å²) >= 11 is 3.82. The van der Waals surface area contributed by atoms with Gasteiger partial charge in [0.05, 0.1) is 0 Å². The fraction of sp³-hybridized carbons (Fsp3) is 0.667. The van der Waals surface area contributed by atoms with Crippen molar-refractivity contribution >= 4 is 21.6 Å². The first-order chi connectivity index (χ1) is 9.74. The van der Waals surface area contributed by atoms with Gasteiger partial charge in [-0.05, 0) is 42.7 Å². The number of aryl methyl sites for hydroxylation is 1. The van der Waals surface area contributed by atoms with Gasteiger partial charge in [-0.3, -0.25) is 0 Å². The summed E-state index contributed by atoms with van der Waals surface area (Å²) in [4.78, 5) is 2.64. The predicted octanol–water partition coefficient (Wildman–Crippen LogP) is 5.42. The molecule has 0 bridgehead atoms. The zero-order valence-corrected chi connectivity index (χ0v) is 14.6. The second-order valence-corrected chi connectivity index (χ2v) is 6.85. The second-order valence-electron chi connectivity index (χ2n) is 6.29. The van der Waals surface area contributed by atoms with Gasteiger partial charge in [-0.2, -0.15) is 0 Å². The molecule has 1 aromatic rings. The van der Waals surface area contributed by atoms with Crippen LogP contribution in [-0.2, 0) is 6.42 Å². The molecule has 0 N–H and O–H groups in total. The molecule has 1 heterocycles. The van der Waals surface area contributed by atoms with Crippen LogP contribution in [-0.4, -0.2) is 18.4 Å². The summed E-state index contributed by atoms with van der Waals surface area (Å²) in [5, 5.41) is 1.13. The molecule has 112 valence electrons. The van der Waals surface area contributed by atoms with Gasteiger partial charge in [-0.1, -0.05) is 60.8 Å². The molecule has 0 spiro atoms. The number of nitrogens with zero attached hydrogens (tertiary/aromatic N) is 1. The zero-order valence-electron chi connectivity index (χ0n) is 13.0. The third-order valence-corrected chi connectivity index (χ3v) is 5.77. The van der Waals surface area contributed by atoms with E-state index in [4.69, 9.17) is 0 Å². The Bertz CT molecular complexity index is 410. The Morgan fingerprint density at radius 3 is 2.50 bits per heavy atom. The van der Waals surface area contributed by atoms with Crippen LogP contribution in [0.1, 0.15) is 51.5 Å². The van der Waals surface area contributed by atoms with Gasteiger partial charge in [0.1, 0.15) is 0 Å². The van der Waals surface area contributed by atoms with Crippen molar-refractivity contribution < 1.29 is 0 Å². The lowest BCUT2D eigenvalue weighted by Gasteiger charge is -2.41. The van der Waals surface area contributed by atoms with E-state index in [-0.39, 0.29) is 0 Å². The van der Waals surface area contributed by atoms with Crippen molar-refractivity contribution in [2.24, 2.45) is 5.41 Å². The van der Waals surface area contributed by atoms with E-state index in [9.17, 15) is 0 Å². The summed E-state index contributed by atoms with van der Waals surface area (Å²) < 4.78 is 0. The molecule has 1 nitrogen and oxygen atoms in total. The number of rotatable bonds is 7. The molecule has 0 saturated carbocycles. The van der Waals surface area contributed by atoms with Gasteiger partial charge in [0.15, 0.2) is 0 Å². The van der Waals surface area contributed by atoms with Gasteiger partial charge < -0.3 is 4.90 Å². The maximum absolute atomic E-state index is 3.82. The fourth-order valence-electron chi connectivity index (χ4n) is 3.70. The minimum atomic E-state index is 0.438. The van der Waals surface area contributed by atoms with Crippen molar-refractivity contribution in [3.63, 3.8) is 0 Å². The average Bonchev–Trinajstić information content (AvgIpc) is 2.48. The smallest absolute Gasteiger partial charge is 0.0398 e. The van der Waals surface area contributed by atoms with E-state index in [0.29, 0.717) is 5.41 Å². The van der Waals surface area contributed by atoms with Crippen LogP contribution in [0.4, 0.5) is 5.69 Å². The standard InChI is InChI=1S/C18H28BrN/c1-3-11-18(14-19,12-4-2)15-20-13-7-9-16-8-5-6-10-17(16)20/h5-6,8,10H,3-4,7,9,11-15H2,1-2H3. The van der Waals surface area contributed by atoms with Gasteiger partial charge in [-0.15, -0.1) is 0 Å². The molecule has 1 aliphatic heterocycles. The van der Waals surface area contributed by atoms with Crippen molar-refractivity contribution in [3.05, 3.63) is 29.8 Å². The van der Waals surface area contributed by atoms with Crippen LogP contribution < -0.4 is 4.90 Å². The maximum Gasteiger partial charge on any atom is 0.0398 e. The van der Waals surface area contributed by atoms with Gasteiger partial charge >= 0.3 is 0 Å². The molecule has 2 heteroatoms. The quantitative estimate of drug-likeness (QED) is 0.600. The number of hydrogen-bond acceptors (Lipinski definition) is 1. The third kappa shape index (κ3) is 3.58. The molecule has 2 rings (SSSR count). The number of halogens is 1. The average molecular weight is 338 g/mol. The Morgan fingerprint density at radius 1 is 1.15 bits per heavy atom. The lowest BCUT2D eigenvalue weighted by molar-refractivity contribution is 0.278. The maximum atomic E-state index is 3.82. The highest BCUT2D eigenvalue weighted by Crippen LogP contribution is 2.36. The van der Waals surface area contributed by atoms with Crippen molar-refractivity contribution in [2.75, 3.05) is 23.3 Å². The van der Waals surface area contributed by atoms with E-state index >= 15 is 0 Å². The summed E-state index contributed by atoms with van der Waals surface area (Å²) in [5.41, 5.74) is 3.46. The SMILES string of the molecule is CCCC(CBr)(CCC)CN1CCCc2ccccc21.